The molecule has 0 heterocycles. The maximum absolute atomic E-state index is 12.3. The van der Waals surface area contributed by atoms with Gasteiger partial charge < -0.3 is 10.6 Å². The van der Waals surface area contributed by atoms with E-state index in [4.69, 9.17) is 54.3 Å². The molecule has 0 saturated carbocycles. The fourth-order valence-electron chi connectivity index (χ4n) is 1.76. The van der Waals surface area contributed by atoms with Crippen LogP contribution in [0.15, 0.2) is 48.5 Å². The Morgan fingerprint density at radius 2 is 1.57 bits per heavy atom. The van der Waals surface area contributed by atoms with Gasteiger partial charge >= 0.3 is 0 Å². The predicted molar refractivity (Wildman–Crippen MR) is 98.4 cm³/mol. The summed E-state index contributed by atoms with van der Waals surface area (Å²) in [5, 5.41) is 6.16. The molecule has 1 atom stereocenters. The molecule has 2 radical (unpaired) electrons. The first-order valence-corrected chi connectivity index (χ1v) is 8.02. The molecular formula is C15H11BCl4N2O. The third-order valence-corrected chi connectivity index (χ3v) is 3.84. The number of benzene rings is 2. The number of nitrogens with one attached hydrogen (secondary N) is 2. The van der Waals surface area contributed by atoms with E-state index in [0.717, 1.165) is 0 Å². The molecule has 0 aliphatic rings. The Labute approximate surface area is 155 Å². The average Bonchev–Trinajstić information content (AvgIpc) is 2.48. The Bertz CT molecular complexity index is 671. The van der Waals surface area contributed by atoms with Gasteiger partial charge in [-0.15, -0.1) is 0 Å². The Balaban J connectivity index is 2.14. The molecule has 0 spiro atoms. The second-order valence-corrected chi connectivity index (χ2v) is 7.53. The molecule has 2 N–H and O–H groups in total. The Kier molecular flexibility index (Phi) is 6.09. The van der Waals surface area contributed by atoms with Gasteiger partial charge in [-0.1, -0.05) is 76.1 Å². The smallest absolute Gasteiger partial charge is 0.252 e. The number of anilines is 1. The summed E-state index contributed by atoms with van der Waals surface area (Å²) < 4.78 is -1.76. The van der Waals surface area contributed by atoms with Crippen LogP contribution in [0.1, 0.15) is 10.4 Å². The molecular weight excluding hydrogens is 377 g/mol. The van der Waals surface area contributed by atoms with Crippen LogP contribution in [0, 0.1) is 0 Å². The van der Waals surface area contributed by atoms with Crippen LogP contribution in [-0.4, -0.2) is 23.7 Å². The lowest BCUT2D eigenvalue weighted by Crippen LogP contribution is -2.49. The Hall–Kier alpha value is -1.07. The van der Waals surface area contributed by atoms with Crippen LogP contribution in [0.3, 0.4) is 0 Å². The first-order valence-electron chi connectivity index (χ1n) is 6.51. The molecule has 3 nitrogen and oxygen atoms in total. The number of carbonyl (C=O) groups excluding carboxylic acids is 1. The van der Waals surface area contributed by atoms with Crippen molar-refractivity contribution in [2.24, 2.45) is 0 Å². The van der Waals surface area contributed by atoms with E-state index in [1.54, 1.807) is 48.5 Å². The van der Waals surface area contributed by atoms with E-state index in [0.29, 0.717) is 21.7 Å². The van der Waals surface area contributed by atoms with Gasteiger partial charge in [0.25, 0.3) is 5.91 Å². The molecule has 118 valence electrons. The molecule has 1 amide bonds. The third-order valence-electron chi connectivity index (χ3n) is 2.93. The van der Waals surface area contributed by atoms with E-state index in [1.807, 2.05) is 0 Å². The zero-order valence-electron chi connectivity index (χ0n) is 11.7. The maximum Gasteiger partial charge on any atom is 0.252 e. The second kappa shape index (κ2) is 7.67. The average molecular weight is 388 g/mol. The zero-order chi connectivity index (χ0) is 17.0. The van der Waals surface area contributed by atoms with E-state index in [9.17, 15) is 4.79 Å². The normalized spacial score (nSPS) is 12.5. The van der Waals surface area contributed by atoms with Crippen molar-refractivity contribution in [1.82, 2.24) is 5.32 Å². The van der Waals surface area contributed by atoms with Crippen LogP contribution >= 0.6 is 46.4 Å². The summed E-state index contributed by atoms with van der Waals surface area (Å²) in [6, 6.07) is 13.2. The molecule has 0 aromatic heterocycles. The van der Waals surface area contributed by atoms with Crippen molar-refractivity contribution in [1.29, 1.82) is 0 Å². The molecule has 2 rings (SSSR count). The van der Waals surface area contributed by atoms with Gasteiger partial charge in [-0.2, -0.15) is 0 Å². The summed E-state index contributed by atoms with van der Waals surface area (Å²) in [6.45, 7) is 0. The second-order valence-electron chi connectivity index (χ2n) is 4.72. The lowest BCUT2D eigenvalue weighted by molar-refractivity contribution is 0.0942. The van der Waals surface area contributed by atoms with E-state index >= 15 is 0 Å². The summed E-state index contributed by atoms with van der Waals surface area (Å²) in [4.78, 5) is 12.3. The number of alkyl halides is 3. The molecule has 0 bridgehead atoms. The highest BCUT2D eigenvalue weighted by molar-refractivity contribution is 6.68. The number of halogens is 4. The van der Waals surface area contributed by atoms with Gasteiger partial charge in [0, 0.05) is 16.3 Å². The number of rotatable bonds is 4. The number of hydrogen-bond acceptors (Lipinski definition) is 2. The van der Waals surface area contributed by atoms with Gasteiger partial charge in [0.15, 0.2) is 0 Å². The lowest BCUT2D eigenvalue weighted by atomic mass is 9.95. The summed E-state index contributed by atoms with van der Waals surface area (Å²) in [5.41, 5.74) is 1.60. The van der Waals surface area contributed by atoms with Gasteiger partial charge in [0.1, 0.15) is 14.0 Å². The fourth-order valence-corrected chi connectivity index (χ4v) is 2.21. The highest BCUT2D eigenvalue weighted by Crippen LogP contribution is 2.31. The minimum Gasteiger partial charge on any atom is -0.362 e. The third kappa shape index (κ3) is 5.50. The minimum atomic E-state index is -1.76. The van der Waals surface area contributed by atoms with Crippen molar-refractivity contribution in [3.05, 3.63) is 59.1 Å². The predicted octanol–water partition coefficient (Wildman–Crippen LogP) is 3.67. The van der Waals surface area contributed by atoms with E-state index < -0.39 is 15.9 Å². The standard InChI is InChI=1S/C15H11BCl4N2O/c16-10-3-1-9(2-4-10)13(23)22-14(15(18,19)20)21-12-7-5-11(17)6-8-12/h1-8,14,21H,(H,22,23). The van der Waals surface area contributed by atoms with Gasteiger partial charge in [-0.25, -0.2) is 0 Å². The number of amides is 1. The van der Waals surface area contributed by atoms with Crippen molar-refractivity contribution in [2.75, 3.05) is 5.32 Å². The molecule has 23 heavy (non-hydrogen) atoms. The quantitative estimate of drug-likeness (QED) is 0.477. The first-order chi connectivity index (χ1) is 10.8. The van der Waals surface area contributed by atoms with Crippen molar-refractivity contribution < 1.29 is 4.79 Å². The van der Waals surface area contributed by atoms with Crippen molar-refractivity contribution in [3.63, 3.8) is 0 Å². The highest BCUT2D eigenvalue weighted by Gasteiger charge is 2.34. The van der Waals surface area contributed by atoms with Crippen LogP contribution in [0.4, 0.5) is 5.69 Å². The first kappa shape index (κ1) is 18.3. The van der Waals surface area contributed by atoms with E-state index in [-0.39, 0.29) is 0 Å². The highest BCUT2D eigenvalue weighted by atomic mass is 35.6. The molecule has 8 heteroatoms. The van der Waals surface area contributed by atoms with Crippen LogP contribution in [0.2, 0.25) is 5.02 Å². The monoisotopic (exact) mass is 386 g/mol. The summed E-state index contributed by atoms with van der Waals surface area (Å²) in [7, 11) is 5.59. The van der Waals surface area contributed by atoms with Crippen LogP contribution in [0.25, 0.3) is 0 Å². The van der Waals surface area contributed by atoms with Gasteiger partial charge in [-0.05, 0) is 24.3 Å². The fraction of sp³-hybridized carbons (Fsp3) is 0.133. The lowest BCUT2D eigenvalue weighted by Gasteiger charge is -2.27. The van der Waals surface area contributed by atoms with Crippen molar-refractivity contribution in [3.8, 4) is 0 Å². The molecule has 0 fully saturated rings. The van der Waals surface area contributed by atoms with Crippen molar-refractivity contribution in [2.45, 2.75) is 9.96 Å². The molecule has 2 aromatic rings. The Morgan fingerprint density at radius 3 is 2.09 bits per heavy atom. The molecule has 2 aromatic carbocycles. The maximum atomic E-state index is 12.3. The molecule has 0 aliphatic heterocycles. The van der Waals surface area contributed by atoms with E-state index in [2.05, 4.69) is 10.6 Å². The van der Waals surface area contributed by atoms with Gasteiger partial charge in [-0.3, -0.25) is 4.79 Å². The van der Waals surface area contributed by atoms with Gasteiger partial charge in [0.05, 0.1) is 0 Å². The molecule has 0 saturated heterocycles. The summed E-state index contributed by atoms with van der Waals surface area (Å²) in [6.07, 6.45) is -0.946. The van der Waals surface area contributed by atoms with Gasteiger partial charge in [0.2, 0.25) is 3.79 Å². The summed E-state index contributed by atoms with van der Waals surface area (Å²) >= 11 is 23.7. The van der Waals surface area contributed by atoms with Crippen LogP contribution < -0.4 is 16.1 Å². The molecule has 1 unspecified atom stereocenters. The largest absolute Gasteiger partial charge is 0.362 e. The Morgan fingerprint density at radius 1 is 1.00 bits per heavy atom. The summed E-state index contributed by atoms with van der Waals surface area (Å²) in [5.74, 6) is -0.400. The SMILES string of the molecule is [B]c1ccc(C(=O)NC(Nc2ccc(Cl)cc2)C(Cl)(Cl)Cl)cc1. The van der Waals surface area contributed by atoms with Crippen LogP contribution in [-0.2, 0) is 0 Å². The topological polar surface area (TPSA) is 41.1 Å². The molecule has 0 aliphatic carbocycles. The van der Waals surface area contributed by atoms with Crippen LogP contribution in [0.5, 0.6) is 0 Å². The zero-order valence-corrected chi connectivity index (χ0v) is 14.7. The van der Waals surface area contributed by atoms with Crippen molar-refractivity contribution >= 4 is 71.3 Å². The number of carbonyl (C=O) groups is 1. The minimum absolute atomic E-state index is 0.399. The van der Waals surface area contributed by atoms with E-state index in [1.165, 1.54) is 0 Å². The number of hydrogen-bond donors (Lipinski definition) is 2.